The van der Waals surface area contributed by atoms with Gasteiger partial charge in [0.05, 0.1) is 11.9 Å². The lowest BCUT2D eigenvalue weighted by atomic mass is 10.1. The molecule has 0 spiro atoms. The summed E-state index contributed by atoms with van der Waals surface area (Å²) in [6.45, 7) is 5.60. The maximum absolute atomic E-state index is 13.5. The molecule has 0 aromatic heterocycles. The zero-order valence-corrected chi connectivity index (χ0v) is 21.8. The molecule has 0 fully saturated rings. The van der Waals surface area contributed by atoms with Crippen LogP contribution in [0.25, 0.3) is 0 Å². The van der Waals surface area contributed by atoms with Gasteiger partial charge in [-0.05, 0) is 56.0 Å². The van der Waals surface area contributed by atoms with Gasteiger partial charge in [-0.25, -0.2) is 8.42 Å². The third kappa shape index (κ3) is 8.02. The minimum atomic E-state index is -3.76. The van der Waals surface area contributed by atoms with Crippen LogP contribution in [0.1, 0.15) is 39.2 Å². The van der Waals surface area contributed by atoms with E-state index in [-0.39, 0.29) is 18.5 Å². The average molecular weight is 508 g/mol. The summed E-state index contributed by atoms with van der Waals surface area (Å²) in [6, 6.07) is 15.2. The molecule has 0 radical (unpaired) electrons. The molecule has 0 unspecified atom stereocenters. The summed E-state index contributed by atoms with van der Waals surface area (Å²) in [4.78, 5) is 28.1. The first-order valence-electron chi connectivity index (χ1n) is 11.4. The number of amides is 2. The fourth-order valence-electron chi connectivity index (χ4n) is 3.56. The number of benzene rings is 2. The zero-order chi connectivity index (χ0) is 25.3. The Morgan fingerprint density at radius 3 is 2.15 bits per heavy atom. The molecule has 0 saturated heterocycles. The van der Waals surface area contributed by atoms with E-state index in [4.69, 9.17) is 11.6 Å². The quantitative estimate of drug-likeness (QED) is 0.472. The van der Waals surface area contributed by atoms with Gasteiger partial charge in [-0.1, -0.05) is 55.8 Å². The van der Waals surface area contributed by atoms with Crippen LogP contribution in [0, 0.1) is 0 Å². The highest BCUT2D eigenvalue weighted by atomic mass is 35.5. The first-order valence-corrected chi connectivity index (χ1v) is 13.7. The fourth-order valence-corrected chi connectivity index (χ4v) is 4.53. The third-order valence-corrected chi connectivity index (χ3v) is 7.06. The summed E-state index contributed by atoms with van der Waals surface area (Å²) in [5.74, 6) is -0.682. The predicted molar refractivity (Wildman–Crippen MR) is 137 cm³/mol. The number of halogens is 1. The van der Waals surface area contributed by atoms with E-state index in [1.54, 1.807) is 24.3 Å². The van der Waals surface area contributed by atoms with E-state index in [9.17, 15) is 18.0 Å². The van der Waals surface area contributed by atoms with Gasteiger partial charge in [0.1, 0.15) is 12.6 Å². The van der Waals surface area contributed by atoms with Gasteiger partial charge in [-0.2, -0.15) is 0 Å². The van der Waals surface area contributed by atoms with E-state index >= 15 is 0 Å². The lowest BCUT2D eigenvalue weighted by Crippen LogP contribution is -2.54. The standard InChI is InChI=1S/C25H34ClN3O4S/c1-5-19(3)27-25(31)23(6-2)28(17-16-20-10-8-7-9-11-20)24(30)18-29(34(4,32)33)22-14-12-21(26)13-15-22/h7-15,19,23H,5-6,16-18H2,1-4H3,(H,27,31)/t19-,23-/m0/s1. The summed E-state index contributed by atoms with van der Waals surface area (Å²) in [7, 11) is -3.76. The Kier molecular flexibility index (Phi) is 10.4. The second-order valence-electron chi connectivity index (χ2n) is 8.31. The van der Waals surface area contributed by atoms with Crippen molar-refractivity contribution in [2.24, 2.45) is 0 Å². The van der Waals surface area contributed by atoms with Gasteiger partial charge in [-0.3, -0.25) is 13.9 Å². The number of carbonyl (C=O) groups is 2. The molecule has 2 amide bonds. The topological polar surface area (TPSA) is 86.8 Å². The molecule has 186 valence electrons. The molecule has 1 N–H and O–H groups in total. The number of anilines is 1. The van der Waals surface area contributed by atoms with Crippen LogP contribution in [0.3, 0.4) is 0 Å². The van der Waals surface area contributed by atoms with Gasteiger partial charge < -0.3 is 10.2 Å². The third-order valence-electron chi connectivity index (χ3n) is 5.66. The maximum atomic E-state index is 13.5. The highest BCUT2D eigenvalue weighted by molar-refractivity contribution is 7.92. The van der Waals surface area contributed by atoms with Gasteiger partial charge in [-0.15, -0.1) is 0 Å². The SMILES string of the molecule is CC[C@H](C)NC(=O)[C@H](CC)N(CCc1ccccc1)C(=O)CN(c1ccc(Cl)cc1)S(C)(=O)=O. The molecule has 0 saturated carbocycles. The molecule has 2 aromatic rings. The highest BCUT2D eigenvalue weighted by Gasteiger charge is 2.31. The van der Waals surface area contributed by atoms with Crippen LogP contribution >= 0.6 is 11.6 Å². The highest BCUT2D eigenvalue weighted by Crippen LogP contribution is 2.21. The summed E-state index contributed by atoms with van der Waals surface area (Å²) >= 11 is 5.95. The van der Waals surface area contributed by atoms with Crippen molar-refractivity contribution in [2.75, 3.05) is 23.7 Å². The number of carbonyl (C=O) groups excluding carboxylic acids is 2. The second kappa shape index (κ2) is 12.8. The largest absolute Gasteiger partial charge is 0.352 e. The Hall–Kier alpha value is -2.58. The molecule has 2 rings (SSSR count). The molecule has 2 atom stereocenters. The van der Waals surface area contributed by atoms with Crippen molar-refractivity contribution < 1.29 is 18.0 Å². The van der Waals surface area contributed by atoms with Crippen LogP contribution in [0.4, 0.5) is 5.69 Å². The van der Waals surface area contributed by atoms with Crippen molar-refractivity contribution in [3.05, 3.63) is 65.2 Å². The first kappa shape index (κ1) is 27.7. The number of hydrogen-bond acceptors (Lipinski definition) is 4. The lowest BCUT2D eigenvalue weighted by molar-refractivity contribution is -0.139. The van der Waals surface area contributed by atoms with Gasteiger partial charge >= 0.3 is 0 Å². The Labute approximate surface area is 208 Å². The van der Waals surface area contributed by atoms with Gasteiger partial charge in [0.15, 0.2) is 0 Å². The molecule has 0 bridgehead atoms. The molecular weight excluding hydrogens is 474 g/mol. The molecule has 0 aliphatic carbocycles. The summed E-state index contributed by atoms with van der Waals surface area (Å²) < 4.78 is 26.2. The lowest BCUT2D eigenvalue weighted by Gasteiger charge is -2.33. The molecule has 0 heterocycles. The minimum Gasteiger partial charge on any atom is -0.352 e. The number of nitrogens with one attached hydrogen (secondary N) is 1. The maximum Gasteiger partial charge on any atom is 0.244 e. The van der Waals surface area contributed by atoms with Crippen LogP contribution in [0.2, 0.25) is 5.02 Å². The van der Waals surface area contributed by atoms with Crippen molar-refractivity contribution in [3.8, 4) is 0 Å². The van der Waals surface area contributed by atoms with Crippen molar-refractivity contribution in [1.82, 2.24) is 10.2 Å². The molecule has 0 aliphatic rings. The Morgan fingerprint density at radius 1 is 1.00 bits per heavy atom. The normalized spacial score (nSPS) is 13.1. The van der Waals surface area contributed by atoms with Crippen molar-refractivity contribution in [3.63, 3.8) is 0 Å². The second-order valence-corrected chi connectivity index (χ2v) is 10.7. The van der Waals surface area contributed by atoms with E-state index in [0.29, 0.717) is 23.6 Å². The molecular formula is C25H34ClN3O4S. The van der Waals surface area contributed by atoms with Crippen LogP contribution in [0.15, 0.2) is 54.6 Å². The monoisotopic (exact) mass is 507 g/mol. The Bertz CT molecular complexity index is 1050. The molecule has 34 heavy (non-hydrogen) atoms. The summed E-state index contributed by atoms with van der Waals surface area (Å²) in [5, 5.41) is 3.42. The van der Waals surface area contributed by atoms with E-state index in [2.05, 4.69) is 5.32 Å². The van der Waals surface area contributed by atoms with Crippen LogP contribution in [-0.4, -0.2) is 56.6 Å². The number of nitrogens with zero attached hydrogens (tertiary/aromatic N) is 2. The fraction of sp³-hybridized carbons (Fsp3) is 0.440. The van der Waals surface area contributed by atoms with Crippen molar-refractivity contribution >= 4 is 39.1 Å². The molecule has 9 heteroatoms. The first-order chi connectivity index (χ1) is 16.1. The molecule has 0 aliphatic heterocycles. The average Bonchev–Trinajstić information content (AvgIpc) is 2.80. The van der Waals surface area contributed by atoms with Crippen LogP contribution in [-0.2, 0) is 26.0 Å². The predicted octanol–water partition coefficient (Wildman–Crippen LogP) is 3.87. The minimum absolute atomic E-state index is 0.0331. The van der Waals surface area contributed by atoms with Gasteiger partial charge in [0, 0.05) is 17.6 Å². The molecule has 7 nitrogen and oxygen atoms in total. The van der Waals surface area contributed by atoms with Gasteiger partial charge in [0.2, 0.25) is 21.8 Å². The smallest absolute Gasteiger partial charge is 0.244 e. The van der Waals surface area contributed by atoms with Crippen molar-refractivity contribution in [1.29, 1.82) is 0 Å². The van der Waals surface area contributed by atoms with E-state index in [1.807, 2.05) is 51.1 Å². The summed E-state index contributed by atoms with van der Waals surface area (Å²) in [5.41, 5.74) is 1.36. The Balaban J connectivity index is 2.34. The number of sulfonamides is 1. The van der Waals surface area contributed by atoms with Crippen LogP contribution < -0.4 is 9.62 Å². The number of hydrogen-bond donors (Lipinski definition) is 1. The van der Waals surface area contributed by atoms with E-state index in [1.165, 1.54) is 4.90 Å². The zero-order valence-electron chi connectivity index (χ0n) is 20.2. The summed E-state index contributed by atoms with van der Waals surface area (Å²) in [6.07, 6.45) is 2.76. The van der Waals surface area contributed by atoms with E-state index in [0.717, 1.165) is 22.5 Å². The Morgan fingerprint density at radius 2 is 1.62 bits per heavy atom. The van der Waals surface area contributed by atoms with E-state index < -0.39 is 28.5 Å². The molecule has 2 aromatic carbocycles. The van der Waals surface area contributed by atoms with Crippen molar-refractivity contribution in [2.45, 2.75) is 52.1 Å². The number of rotatable bonds is 12. The van der Waals surface area contributed by atoms with Gasteiger partial charge in [0.25, 0.3) is 0 Å². The van der Waals surface area contributed by atoms with Crippen LogP contribution in [0.5, 0.6) is 0 Å².